The Kier molecular flexibility index (Phi) is 40.1. The van der Waals surface area contributed by atoms with Crippen LogP contribution in [0.25, 0.3) is 0 Å². The third kappa shape index (κ3) is 23.4. The van der Waals surface area contributed by atoms with Crippen LogP contribution in [0.4, 0.5) is 11.4 Å². The van der Waals surface area contributed by atoms with E-state index < -0.39 is 11.1 Å². The molecule has 0 radical (unpaired) electrons. The summed E-state index contributed by atoms with van der Waals surface area (Å²) in [6.45, 7) is 0. The Morgan fingerprint density at radius 2 is 1.13 bits per heavy atom. The minimum absolute atomic E-state index is 0.172. The van der Waals surface area contributed by atoms with Gasteiger partial charge in [0.1, 0.15) is 17.2 Å². The first kappa shape index (κ1) is 61.4. The first-order chi connectivity index (χ1) is 24.9. The standard InChI is InChI=1S/C15H12BrNO3.C8H6BrNO2.I11.I10/c1-19-12-7-6-9(16)8-10(12)14-15(18)17-11-4-2-3-5-13(11)20-14;9-7-8(11)10-5-3-1-2-4-6(5)12-7;1-7-9(4)11(6)10(5)8(2)3;1-7(2)9(5)10(6)8(3)4/h2-8,14H,1H3,(H,17,18);1-4,7H,(H,10,11);;/q;;-1;. The van der Waals surface area contributed by atoms with E-state index in [4.69, 9.17) is 14.2 Å². The van der Waals surface area contributed by atoms with E-state index in [9.17, 15) is 9.59 Å². The number of hydrogen-bond acceptors (Lipinski definition) is 5. The number of fused-ring (bicyclic) bond motifs is 2. The number of carbonyl (C=O) groups excluding carboxylic acids is 2. The van der Waals surface area contributed by atoms with E-state index in [0.29, 0.717) is 41.8 Å². The van der Waals surface area contributed by atoms with Gasteiger partial charge in [-0.3, -0.25) is 9.59 Å². The Morgan fingerprint density at radius 1 is 0.679 bits per heavy atom. The van der Waals surface area contributed by atoms with Gasteiger partial charge in [0.2, 0.25) is 11.1 Å². The second kappa shape index (κ2) is 34.6. The maximum absolute atomic E-state index is 12.2. The first-order valence-corrected chi connectivity index (χ1v) is 133. The van der Waals surface area contributed by atoms with Crippen molar-refractivity contribution in [2.45, 2.75) is 11.1 Å². The SMILES string of the molecule is COc1ccc(Br)cc1C1Oc2ccccc2NC1=O.II(I)I(I)I(I)I(I)I.I[I-]I(I)I(I)I(I)I(I)I.O=C1Nc2ccccc2OC1Br. The summed E-state index contributed by atoms with van der Waals surface area (Å²) in [4.78, 5) is 23.3. The molecule has 0 bridgehead atoms. The molecule has 0 spiro atoms. The van der Waals surface area contributed by atoms with Gasteiger partial charge in [0, 0.05) is 10.0 Å². The van der Waals surface area contributed by atoms with E-state index in [2.05, 4.69) is 266 Å². The molecule has 3 aromatic carbocycles. The van der Waals surface area contributed by atoms with Crippen LogP contribution in [0.5, 0.6) is 17.2 Å². The summed E-state index contributed by atoms with van der Waals surface area (Å²) in [5.41, 5.74) is 2.09. The molecule has 2 unspecified atom stereocenters. The van der Waals surface area contributed by atoms with Crippen molar-refractivity contribution in [1.82, 2.24) is 0 Å². The molecule has 5 rings (SSSR count). The number of methoxy groups -OCH3 is 1. The average Bonchev–Trinajstić information content (AvgIpc) is 3.14. The minimum Gasteiger partial charge on any atom is -0.467 e. The number of nitrogens with one attached hydrogen (secondary N) is 2. The number of anilines is 2. The fraction of sp³-hybridized carbons (Fsp3) is 0.130. The molecule has 2 atom stereocenters. The molecule has 0 saturated heterocycles. The Bertz CT molecular complexity index is 1610. The molecule has 30 heteroatoms. The largest absolute Gasteiger partial charge is 0.467 e. The number of carbonyl (C=O) groups is 2. The monoisotopic (exact) mass is 3220 g/mol. The number of rotatable bonds is 9. The zero-order valence-electron chi connectivity index (χ0n) is 24.7. The van der Waals surface area contributed by atoms with Crippen molar-refractivity contribution >= 4 is 342 Å². The van der Waals surface area contributed by atoms with Crippen LogP contribution in [0.15, 0.2) is 71.2 Å². The summed E-state index contributed by atoms with van der Waals surface area (Å²) in [7, 11) is -0.890. The van der Waals surface area contributed by atoms with Crippen molar-refractivity contribution in [2.24, 2.45) is 0 Å². The number of ether oxygens (including phenoxy) is 3. The summed E-state index contributed by atoms with van der Waals surface area (Å²) in [6.07, 6.45) is -0.725. The van der Waals surface area contributed by atoms with Gasteiger partial charge in [-0.25, -0.2) is 0 Å². The van der Waals surface area contributed by atoms with E-state index >= 15 is 0 Å². The van der Waals surface area contributed by atoms with E-state index in [1.54, 1.807) is 19.2 Å². The zero-order valence-corrected chi connectivity index (χ0v) is 73.2. The third-order valence-corrected chi connectivity index (χ3v) is 1080. The van der Waals surface area contributed by atoms with Crippen LogP contribution in [0, 0.1) is 0 Å². The first-order valence-electron chi connectivity index (χ1n) is 12.3. The molecule has 0 aromatic heterocycles. The Labute approximate surface area is 483 Å². The third-order valence-electron chi connectivity index (χ3n) is 5.21. The Hall–Kier alpha value is 12.3. The molecular weight excluding hydrogens is 3210 g/mol. The molecule has 312 valence electrons. The predicted molar refractivity (Wildman–Crippen MR) is 408 cm³/mol. The number of para-hydroxylation sites is 4. The second-order valence-corrected chi connectivity index (χ2v) is 416. The van der Waals surface area contributed by atoms with Crippen molar-refractivity contribution < 1.29 is 37.1 Å². The fourth-order valence-electron chi connectivity index (χ4n) is 3.33. The molecule has 2 aliphatic rings. The molecule has 2 N–H and O–H groups in total. The molecule has 0 aliphatic carbocycles. The summed E-state index contributed by atoms with van der Waals surface area (Å²) < 4.78 is 17.2. The van der Waals surface area contributed by atoms with Crippen LogP contribution in [-0.2, 0) is 9.59 Å². The van der Waals surface area contributed by atoms with E-state index in [1.165, 1.54) is 0 Å². The topological polar surface area (TPSA) is 85.9 Å². The van der Waals surface area contributed by atoms with Crippen LogP contribution in [0.1, 0.15) is 11.7 Å². The molecule has 7 nitrogen and oxygen atoms in total. The van der Waals surface area contributed by atoms with E-state index in [0.717, 1.165) is 10.2 Å². The summed E-state index contributed by atoms with van der Waals surface area (Å²) in [5, 5.41) is 4.97. The Morgan fingerprint density at radius 3 is 1.60 bits per heavy atom. The van der Waals surface area contributed by atoms with Gasteiger partial charge in [0.05, 0.1) is 18.5 Å². The quantitative estimate of drug-likeness (QED) is 0.165. The van der Waals surface area contributed by atoms with Crippen LogP contribution >= 0.6 is 318 Å². The van der Waals surface area contributed by atoms with Crippen molar-refractivity contribution in [3.63, 3.8) is 0 Å². The van der Waals surface area contributed by atoms with E-state index in [1.807, 2.05) is 54.6 Å². The number of halogens is 23. The zero-order chi connectivity index (χ0) is 40.0. The molecule has 3 aromatic rings. The van der Waals surface area contributed by atoms with Gasteiger partial charge in [-0.2, -0.15) is 0 Å². The molecule has 2 heterocycles. The van der Waals surface area contributed by atoms with E-state index in [-0.39, 0.29) is 75.0 Å². The summed E-state index contributed by atoms with van der Waals surface area (Å²) in [6, 6.07) is 20.1. The van der Waals surface area contributed by atoms with Crippen LogP contribution < -0.4 is 38.1 Å². The smallest absolute Gasteiger partial charge is 0.276 e. The van der Waals surface area contributed by atoms with Crippen LogP contribution in [0.3, 0.4) is 0 Å². The van der Waals surface area contributed by atoms with Gasteiger partial charge < -0.3 is 24.8 Å². The van der Waals surface area contributed by atoms with Crippen molar-refractivity contribution in [2.75, 3.05) is 17.7 Å². The number of hydrogen-bond donors (Lipinski definition) is 2. The number of benzene rings is 3. The molecule has 0 fully saturated rings. The maximum atomic E-state index is 12.2. The summed E-state index contributed by atoms with van der Waals surface area (Å²) >= 11 is 41.1. The van der Waals surface area contributed by atoms with Crippen LogP contribution in [0.2, 0.25) is 0 Å². The average molecular weight is 3230 g/mol. The van der Waals surface area contributed by atoms with Crippen molar-refractivity contribution in [3.05, 3.63) is 76.8 Å². The predicted octanol–water partition coefficient (Wildman–Crippen LogP) is 20.0. The minimum atomic E-state index is -0.725. The van der Waals surface area contributed by atoms with Gasteiger partial charge in [0.15, 0.2) is 0 Å². The normalized spacial score (nSPS) is 17.5. The molecular formula is C23H18Br2I21N2O5-. The summed E-state index contributed by atoms with van der Waals surface area (Å²) in [5.74, 6) is 1.58. The van der Waals surface area contributed by atoms with Gasteiger partial charge in [-0.1, -0.05) is 40.2 Å². The van der Waals surface area contributed by atoms with Crippen LogP contribution in [-0.4, -0.2) is 23.9 Å². The fourth-order valence-corrected chi connectivity index (χ4v) is 1890. The van der Waals surface area contributed by atoms with Crippen molar-refractivity contribution in [1.29, 1.82) is 0 Å². The van der Waals surface area contributed by atoms with Gasteiger partial charge in [-0.15, -0.1) is 0 Å². The molecule has 0 saturated carbocycles. The number of alkyl halides is 1. The molecule has 2 aliphatic heterocycles. The molecule has 2 amide bonds. The second-order valence-electron chi connectivity index (χ2n) is 8.14. The van der Waals surface area contributed by atoms with Gasteiger partial charge in [-0.05, 0) is 58.4 Å². The Balaban J connectivity index is 0.000000258. The van der Waals surface area contributed by atoms with Gasteiger partial charge in [0.25, 0.3) is 11.8 Å². The van der Waals surface area contributed by atoms with Gasteiger partial charge >= 0.3 is 300 Å². The number of amides is 2. The maximum Gasteiger partial charge on any atom is 0.276 e. The molecule has 53 heavy (non-hydrogen) atoms. The van der Waals surface area contributed by atoms with Crippen molar-refractivity contribution in [3.8, 4) is 17.2 Å².